The van der Waals surface area contributed by atoms with Gasteiger partial charge in [0, 0.05) is 18.3 Å². The highest BCUT2D eigenvalue weighted by Gasteiger charge is 2.37. The fraction of sp³-hybridized carbons (Fsp3) is 0.556. The molecule has 1 aromatic carbocycles. The summed E-state index contributed by atoms with van der Waals surface area (Å²) >= 11 is 0. The second-order valence-electron chi connectivity index (χ2n) is 7.97. The molecule has 1 aliphatic heterocycles. The van der Waals surface area contributed by atoms with Crippen molar-refractivity contribution in [3.8, 4) is 0 Å². The minimum absolute atomic E-state index is 0.00602. The summed E-state index contributed by atoms with van der Waals surface area (Å²) in [5.74, 6) is -0.785. The van der Waals surface area contributed by atoms with Crippen molar-refractivity contribution < 1.29 is 13.7 Å². The van der Waals surface area contributed by atoms with Crippen molar-refractivity contribution >= 4 is 19.6 Å². The first-order valence-corrected chi connectivity index (χ1v) is 11.5. The van der Waals surface area contributed by atoms with Crippen molar-refractivity contribution in [2.75, 3.05) is 6.54 Å². The molecule has 0 saturated carbocycles. The first-order chi connectivity index (χ1) is 11.5. The lowest BCUT2D eigenvalue weighted by molar-refractivity contribution is -0.387. The van der Waals surface area contributed by atoms with Crippen molar-refractivity contribution in [1.82, 2.24) is 5.32 Å². The van der Waals surface area contributed by atoms with Crippen LogP contribution in [0.3, 0.4) is 0 Å². The van der Waals surface area contributed by atoms with E-state index in [1.807, 2.05) is 0 Å². The monoisotopic (exact) mass is 366 g/mol. The molecule has 5 nitrogen and oxygen atoms in total. The standard InChI is InChI=1S/C18H27FN2O3Si/c1-18(2,3)25(4,5)24-12-14-8-9-15(13-7-6-10-20-11-13)17(16(14)19)21(22)23/h8-9,11,20H,6-7,10,12H2,1-5H3. The third-order valence-electron chi connectivity index (χ3n) is 5.16. The number of halogens is 1. The van der Waals surface area contributed by atoms with E-state index in [1.165, 1.54) is 0 Å². The molecule has 0 radical (unpaired) electrons. The Hall–Kier alpha value is -1.73. The summed E-state index contributed by atoms with van der Waals surface area (Å²) in [4.78, 5) is 10.9. The molecule has 1 heterocycles. The third kappa shape index (κ3) is 4.27. The van der Waals surface area contributed by atoms with Gasteiger partial charge in [-0.05, 0) is 42.6 Å². The Morgan fingerprint density at radius 1 is 1.36 bits per heavy atom. The van der Waals surface area contributed by atoms with E-state index in [-0.39, 0.29) is 17.2 Å². The topological polar surface area (TPSA) is 64.4 Å². The zero-order valence-corrected chi connectivity index (χ0v) is 16.6. The Morgan fingerprint density at radius 3 is 2.56 bits per heavy atom. The minimum atomic E-state index is -2.06. The van der Waals surface area contributed by atoms with Crippen LogP contribution in [0, 0.1) is 15.9 Å². The number of nitro benzene ring substituents is 1. The molecule has 0 unspecified atom stereocenters. The molecule has 1 aromatic rings. The van der Waals surface area contributed by atoms with Crippen molar-refractivity contribution in [3.05, 3.63) is 45.4 Å². The van der Waals surface area contributed by atoms with E-state index in [0.29, 0.717) is 12.0 Å². The van der Waals surface area contributed by atoms with Gasteiger partial charge in [-0.3, -0.25) is 10.1 Å². The molecule has 2 rings (SSSR count). The maximum absolute atomic E-state index is 14.9. The van der Waals surface area contributed by atoms with Gasteiger partial charge in [0.2, 0.25) is 5.82 Å². The Bertz CT molecular complexity index is 696. The van der Waals surface area contributed by atoms with Crippen LogP contribution in [0.25, 0.3) is 5.57 Å². The molecule has 0 aliphatic carbocycles. The zero-order valence-electron chi connectivity index (χ0n) is 15.6. The van der Waals surface area contributed by atoms with E-state index >= 15 is 0 Å². The molecule has 0 fully saturated rings. The molecule has 25 heavy (non-hydrogen) atoms. The van der Waals surface area contributed by atoms with Gasteiger partial charge in [0.05, 0.1) is 17.1 Å². The fourth-order valence-corrected chi connectivity index (χ4v) is 3.44. The van der Waals surface area contributed by atoms with Crippen molar-refractivity contribution in [2.24, 2.45) is 0 Å². The predicted molar refractivity (Wildman–Crippen MR) is 100 cm³/mol. The van der Waals surface area contributed by atoms with Gasteiger partial charge in [0.25, 0.3) is 0 Å². The van der Waals surface area contributed by atoms with Gasteiger partial charge in [0.1, 0.15) is 0 Å². The SMILES string of the molecule is CC(C)(C)[Si](C)(C)OCc1ccc(C2=CNCCC2)c([N+](=O)[O-])c1F. The summed E-state index contributed by atoms with van der Waals surface area (Å²) < 4.78 is 20.9. The summed E-state index contributed by atoms with van der Waals surface area (Å²) in [6, 6.07) is 3.25. The molecular weight excluding hydrogens is 339 g/mol. The van der Waals surface area contributed by atoms with Crippen LogP contribution in [-0.2, 0) is 11.0 Å². The molecule has 1 aliphatic rings. The number of hydrogen-bond donors (Lipinski definition) is 1. The lowest BCUT2D eigenvalue weighted by atomic mass is 9.97. The maximum Gasteiger partial charge on any atom is 0.312 e. The Labute approximate surface area is 149 Å². The van der Waals surface area contributed by atoms with Crippen LogP contribution in [0.15, 0.2) is 18.3 Å². The van der Waals surface area contributed by atoms with E-state index in [9.17, 15) is 14.5 Å². The van der Waals surface area contributed by atoms with E-state index in [4.69, 9.17) is 4.43 Å². The lowest BCUT2D eigenvalue weighted by Crippen LogP contribution is -2.40. The molecule has 0 bridgehead atoms. The second-order valence-corrected chi connectivity index (χ2v) is 12.8. The highest BCUT2D eigenvalue weighted by atomic mass is 28.4. The van der Waals surface area contributed by atoms with Gasteiger partial charge >= 0.3 is 5.69 Å². The molecule has 0 amide bonds. The highest BCUT2D eigenvalue weighted by Crippen LogP contribution is 2.38. The lowest BCUT2D eigenvalue weighted by Gasteiger charge is -2.36. The van der Waals surface area contributed by atoms with Gasteiger partial charge in [-0.1, -0.05) is 26.8 Å². The number of nitro groups is 1. The normalized spacial score (nSPS) is 15.5. The summed E-state index contributed by atoms with van der Waals surface area (Å²) in [5.41, 5.74) is 0.912. The molecular formula is C18H27FN2O3Si. The van der Waals surface area contributed by atoms with Crippen LogP contribution in [-0.4, -0.2) is 19.8 Å². The Kier molecular flexibility index (Phi) is 5.68. The summed E-state index contributed by atoms with van der Waals surface area (Å²) in [5, 5.41) is 14.5. The molecule has 1 N–H and O–H groups in total. The predicted octanol–water partition coefficient (Wildman–Crippen LogP) is 4.98. The Balaban J connectivity index is 2.34. The van der Waals surface area contributed by atoms with Crippen molar-refractivity contribution in [2.45, 2.75) is 58.4 Å². The average molecular weight is 367 g/mol. The molecule has 138 valence electrons. The molecule has 0 aromatic heterocycles. The van der Waals surface area contributed by atoms with Crippen LogP contribution < -0.4 is 5.32 Å². The van der Waals surface area contributed by atoms with Gasteiger partial charge in [-0.25, -0.2) is 0 Å². The first kappa shape index (κ1) is 19.6. The zero-order chi connectivity index (χ0) is 18.8. The maximum atomic E-state index is 14.9. The van der Waals surface area contributed by atoms with E-state index in [2.05, 4.69) is 39.2 Å². The van der Waals surface area contributed by atoms with Crippen LogP contribution in [0.2, 0.25) is 18.1 Å². The first-order valence-electron chi connectivity index (χ1n) is 8.57. The number of nitrogens with one attached hydrogen (secondary N) is 1. The van der Waals surface area contributed by atoms with Gasteiger partial charge in [-0.2, -0.15) is 4.39 Å². The second kappa shape index (κ2) is 7.25. The summed E-state index contributed by atoms with van der Waals surface area (Å²) in [6.45, 7) is 11.3. The molecule has 0 atom stereocenters. The fourth-order valence-electron chi connectivity index (χ4n) is 2.49. The van der Waals surface area contributed by atoms with E-state index in [0.717, 1.165) is 18.5 Å². The van der Waals surface area contributed by atoms with Crippen molar-refractivity contribution in [1.29, 1.82) is 0 Å². The highest BCUT2D eigenvalue weighted by molar-refractivity contribution is 6.74. The van der Waals surface area contributed by atoms with E-state index in [1.54, 1.807) is 18.3 Å². The molecule has 7 heteroatoms. The smallest absolute Gasteiger partial charge is 0.312 e. The number of allylic oxidation sites excluding steroid dienone is 1. The summed E-state index contributed by atoms with van der Waals surface area (Å²) in [6.07, 6.45) is 3.32. The number of nitrogens with zero attached hydrogens (tertiary/aromatic N) is 1. The van der Waals surface area contributed by atoms with Crippen LogP contribution in [0.4, 0.5) is 10.1 Å². The van der Waals surface area contributed by atoms with Gasteiger partial charge < -0.3 is 9.74 Å². The van der Waals surface area contributed by atoms with Crippen molar-refractivity contribution in [3.63, 3.8) is 0 Å². The van der Waals surface area contributed by atoms with Gasteiger partial charge in [0.15, 0.2) is 8.32 Å². The minimum Gasteiger partial charge on any atom is -0.412 e. The molecule has 0 saturated heterocycles. The third-order valence-corrected chi connectivity index (χ3v) is 9.64. The van der Waals surface area contributed by atoms with Crippen LogP contribution in [0.1, 0.15) is 44.7 Å². The van der Waals surface area contributed by atoms with E-state index < -0.39 is 24.7 Å². The molecule has 0 spiro atoms. The number of rotatable bonds is 5. The average Bonchev–Trinajstić information content (AvgIpc) is 2.52. The van der Waals surface area contributed by atoms with Gasteiger partial charge in [-0.15, -0.1) is 0 Å². The largest absolute Gasteiger partial charge is 0.412 e. The number of benzene rings is 1. The van der Waals surface area contributed by atoms with Crippen LogP contribution >= 0.6 is 0 Å². The van der Waals surface area contributed by atoms with Crippen LogP contribution in [0.5, 0.6) is 0 Å². The summed E-state index contributed by atoms with van der Waals surface area (Å²) in [7, 11) is -2.06. The Morgan fingerprint density at radius 2 is 2.04 bits per heavy atom. The number of hydrogen-bond acceptors (Lipinski definition) is 4. The quantitative estimate of drug-likeness (QED) is 0.453.